The number of carbonyl (C=O) groups is 1. The molecule has 0 atom stereocenters. The van der Waals surface area contributed by atoms with Crippen molar-refractivity contribution in [2.24, 2.45) is 0 Å². The van der Waals surface area contributed by atoms with Crippen LogP contribution in [0.1, 0.15) is 35.7 Å². The second kappa shape index (κ2) is 6.70. The Hall–Kier alpha value is -2.62. The lowest BCUT2D eigenvalue weighted by atomic mass is 10.0. The molecule has 0 radical (unpaired) electrons. The number of nitrogens with one attached hydrogen (secondary N) is 3. The average molecular weight is 281 g/mol. The van der Waals surface area contributed by atoms with E-state index in [0.717, 1.165) is 5.69 Å². The van der Waals surface area contributed by atoms with E-state index in [0.29, 0.717) is 11.5 Å². The molecule has 0 bridgehead atoms. The maximum atomic E-state index is 11.9. The Morgan fingerprint density at radius 2 is 1.62 bits per heavy atom. The van der Waals surface area contributed by atoms with Crippen LogP contribution in [0.3, 0.4) is 0 Å². The predicted molar refractivity (Wildman–Crippen MR) is 85.8 cm³/mol. The molecule has 4 nitrogen and oxygen atoms in total. The minimum atomic E-state index is -0.299. The van der Waals surface area contributed by atoms with Crippen LogP contribution in [0.4, 0.5) is 5.69 Å². The highest BCUT2D eigenvalue weighted by Crippen LogP contribution is 2.16. The van der Waals surface area contributed by atoms with E-state index in [1.807, 2.05) is 30.3 Å². The topological polar surface area (TPSA) is 65.0 Å². The molecule has 2 aromatic rings. The number of carbonyl (C=O) groups excluding carboxylic acids is 1. The molecular formula is C17H19N3O. The summed E-state index contributed by atoms with van der Waals surface area (Å²) in [5.41, 5.74) is 2.54. The average Bonchev–Trinajstić information content (AvgIpc) is 2.48. The molecule has 0 heterocycles. The zero-order valence-corrected chi connectivity index (χ0v) is 12.2. The molecule has 0 saturated carbocycles. The Balaban J connectivity index is 1.94. The van der Waals surface area contributed by atoms with E-state index >= 15 is 0 Å². The molecule has 2 aromatic carbocycles. The van der Waals surface area contributed by atoms with Gasteiger partial charge in [0.2, 0.25) is 0 Å². The first-order valence-corrected chi connectivity index (χ1v) is 6.88. The van der Waals surface area contributed by atoms with Crippen LogP contribution in [0.15, 0.2) is 54.6 Å². The van der Waals surface area contributed by atoms with Crippen molar-refractivity contribution in [2.75, 3.05) is 5.32 Å². The summed E-state index contributed by atoms with van der Waals surface area (Å²) >= 11 is 0. The van der Waals surface area contributed by atoms with Crippen LogP contribution in [-0.4, -0.2) is 11.9 Å². The van der Waals surface area contributed by atoms with Gasteiger partial charge < -0.3 is 5.32 Å². The lowest BCUT2D eigenvalue weighted by Gasteiger charge is -2.11. The highest BCUT2D eigenvalue weighted by atomic mass is 16.1. The minimum Gasteiger partial charge on any atom is -0.326 e. The molecule has 2 rings (SSSR count). The minimum absolute atomic E-state index is 0.0406. The number of hydrogen-bond acceptors (Lipinski definition) is 2. The van der Waals surface area contributed by atoms with Gasteiger partial charge in [-0.1, -0.05) is 44.2 Å². The molecule has 0 fully saturated rings. The lowest BCUT2D eigenvalue weighted by molar-refractivity contribution is 0.0977. The van der Waals surface area contributed by atoms with Gasteiger partial charge in [0.25, 0.3) is 5.91 Å². The van der Waals surface area contributed by atoms with Crippen LogP contribution >= 0.6 is 0 Å². The normalized spacial score (nSPS) is 10.2. The van der Waals surface area contributed by atoms with Gasteiger partial charge in [0.1, 0.15) is 0 Å². The molecule has 1 amide bonds. The third-order valence-corrected chi connectivity index (χ3v) is 3.12. The maximum absolute atomic E-state index is 11.9. The fourth-order valence-corrected chi connectivity index (χ4v) is 1.90. The Morgan fingerprint density at radius 1 is 1.00 bits per heavy atom. The summed E-state index contributed by atoms with van der Waals surface area (Å²) in [6, 6.07) is 16.7. The first-order valence-electron chi connectivity index (χ1n) is 6.88. The Morgan fingerprint density at radius 3 is 2.19 bits per heavy atom. The fourth-order valence-electron chi connectivity index (χ4n) is 1.90. The van der Waals surface area contributed by atoms with Crippen molar-refractivity contribution in [1.29, 1.82) is 5.41 Å². The van der Waals surface area contributed by atoms with E-state index in [1.54, 1.807) is 24.3 Å². The van der Waals surface area contributed by atoms with Gasteiger partial charge in [-0.2, -0.15) is 0 Å². The molecule has 0 unspecified atom stereocenters. The Labute approximate surface area is 124 Å². The van der Waals surface area contributed by atoms with Crippen LogP contribution in [-0.2, 0) is 0 Å². The molecule has 0 aromatic heterocycles. The van der Waals surface area contributed by atoms with Crippen molar-refractivity contribution in [2.45, 2.75) is 19.8 Å². The fraction of sp³-hybridized carbons (Fsp3) is 0.176. The number of benzene rings is 2. The van der Waals surface area contributed by atoms with E-state index in [4.69, 9.17) is 5.41 Å². The lowest BCUT2D eigenvalue weighted by Crippen LogP contribution is -2.34. The van der Waals surface area contributed by atoms with Crippen molar-refractivity contribution in [3.8, 4) is 0 Å². The quantitative estimate of drug-likeness (QED) is 0.594. The van der Waals surface area contributed by atoms with Crippen molar-refractivity contribution < 1.29 is 4.79 Å². The SMILES string of the molecule is CC(C)c1ccc(NC(=N)NC(=O)c2ccccc2)cc1. The molecule has 21 heavy (non-hydrogen) atoms. The highest BCUT2D eigenvalue weighted by Gasteiger charge is 2.07. The van der Waals surface area contributed by atoms with Crippen LogP contribution in [0.2, 0.25) is 0 Å². The zero-order chi connectivity index (χ0) is 15.2. The predicted octanol–water partition coefficient (Wildman–Crippen LogP) is 3.59. The van der Waals surface area contributed by atoms with Crippen molar-refractivity contribution in [3.05, 3.63) is 65.7 Å². The van der Waals surface area contributed by atoms with Crippen LogP contribution in [0.5, 0.6) is 0 Å². The first kappa shape index (κ1) is 14.8. The van der Waals surface area contributed by atoms with Gasteiger partial charge in [0, 0.05) is 11.3 Å². The molecule has 0 saturated heterocycles. The van der Waals surface area contributed by atoms with E-state index in [-0.39, 0.29) is 11.9 Å². The summed E-state index contributed by atoms with van der Waals surface area (Å²) in [5, 5.41) is 13.2. The standard InChI is InChI=1S/C17H19N3O/c1-12(2)13-8-10-15(11-9-13)19-17(18)20-16(21)14-6-4-3-5-7-14/h3-12H,1-2H3,(H3,18,19,20,21). The monoisotopic (exact) mass is 281 g/mol. The zero-order valence-electron chi connectivity index (χ0n) is 12.2. The van der Waals surface area contributed by atoms with Gasteiger partial charge in [-0.05, 0) is 35.7 Å². The van der Waals surface area contributed by atoms with E-state index < -0.39 is 0 Å². The molecule has 0 aliphatic rings. The summed E-state index contributed by atoms with van der Waals surface area (Å²) in [6.07, 6.45) is 0. The number of amides is 1. The maximum Gasteiger partial charge on any atom is 0.257 e. The summed E-state index contributed by atoms with van der Waals surface area (Å²) in [6.45, 7) is 4.26. The molecule has 0 aliphatic heterocycles. The number of anilines is 1. The second-order valence-electron chi connectivity index (χ2n) is 5.10. The summed E-state index contributed by atoms with van der Waals surface area (Å²) in [7, 11) is 0. The largest absolute Gasteiger partial charge is 0.326 e. The van der Waals surface area contributed by atoms with Gasteiger partial charge in [0.15, 0.2) is 5.96 Å². The third kappa shape index (κ3) is 4.18. The van der Waals surface area contributed by atoms with Crippen molar-refractivity contribution in [3.63, 3.8) is 0 Å². The van der Waals surface area contributed by atoms with Crippen LogP contribution in [0.25, 0.3) is 0 Å². The highest BCUT2D eigenvalue weighted by molar-refractivity contribution is 6.08. The first-order chi connectivity index (χ1) is 10.1. The smallest absolute Gasteiger partial charge is 0.257 e. The Kier molecular flexibility index (Phi) is 4.72. The second-order valence-corrected chi connectivity index (χ2v) is 5.10. The van der Waals surface area contributed by atoms with Gasteiger partial charge >= 0.3 is 0 Å². The van der Waals surface area contributed by atoms with Crippen LogP contribution < -0.4 is 10.6 Å². The van der Waals surface area contributed by atoms with E-state index in [2.05, 4.69) is 24.5 Å². The third-order valence-electron chi connectivity index (χ3n) is 3.12. The molecule has 4 heteroatoms. The van der Waals surface area contributed by atoms with Crippen molar-refractivity contribution in [1.82, 2.24) is 5.32 Å². The molecular weight excluding hydrogens is 262 g/mol. The van der Waals surface area contributed by atoms with Gasteiger partial charge in [-0.25, -0.2) is 0 Å². The van der Waals surface area contributed by atoms with Crippen LogP contribution in [0, 0.1) is 5.41 Å². The Bertz CT molecular complexity index is 618. The molecule has 0 spiro atoms. The molecule has 3 N–H and O–H groups in total. The summed E-state index contributed by atoms with van der Waals surface area (Å²) in [4.78, 5) is 11.9. The number of hydrogen-bond donors (Lipinski definition) is 3. The molecule has 0 aliphatic carbocycles. The number of rotatable bonds is 3. The summed E-state index contributed by atoms with van der Waals surface area (Å²) in [5.74, 6) is 0.129. The molecule has 108 valence electrons. The van der Waals surface area contributed by atoms with E-state index in [9.17, 15) is 4.79 Å². The van der Waals surface area contributed by atoms with Crippen molar-refractivity contribution >= 4 is 17.6 Å². The summed E-state index contributed by atoms with van der Waals surface area (Å²) < 4.78 is 0. The van der Waals surface area contributed by atoms with Gasteiger partial charge in [-0.15, -0.1) is 0 Å². The van der Waals surface area contributed by atoms with Gasteiger partial charge in [0.05, 0.1) is 0 Å². The van der Waals surface area contributed by atoms with E-state index in [1.165, 1.54) is 5.56 Å². The van der Waals surface area contributed by atoms with Gasteiger partial charge in [-0.3, -0.25) is 15.5 Å². The number of guanidine groups is 1.